The molecular formula is C17H21N3O3. The van der Waals surface area contributed by atoms with Gasteiger partial charge in [0.15, 0.2) is 0 Å². The third-order valence-corrected chi connectivity index (χ3v) is 4.22. The van der Waals surface area contributed by atoms with Gasteiger partial charge in [-0.25, -0.2) is 0 Å². The molecule has 0 bridgehead atoms. The number of carbonyl (C=O) groups excluding carboxylic acids is 2. The summed E-state index contributed by atoms with van der Waals surface area (Å²) >= 11 is 0. The quantitative estimate of drug-likeness (QED) is 0.905. The smallest absolute Gasteiger partial charge is 0.252 e. The Bertz CT molecular complexity index is 676. The first-order chi connectivity index (χ1) is 10.8. The Hall–Kier alpha value is -2.39. The second kappa shape index (κ2) is 6.39. The van der Waals surface area contributed by atoms with Crippen LogP contribution in [0.25, 0.3) is 0 Å². The van der Waals surface area contributed by atoms with Crippen LogP contribution in [-0.4, -0.2) is 47.1 Å². The molecule has 1 aliphatic heterocycles. The number of nitrogens with zero attached hydrogens (tertiary/aromatic N) is 3. The van der Waals surface area contributed by atoms with Crippen LogP contribution < -0.4 is 4.90 Å². The van der Waals surface area contributed by atoms with Gasteiger partial charge in [-0.2, -0.15) is 5.26 Å². The van der Waals surface area contributed by atoms with E-state index in [1.807, 2.05) is 0 Å². The van der Waals surface area contributed by atoms with E-state index in [9.17, 15) is 9.59 Å². The van der Waals surface area contributed by atoms with E-state index in [0.717, 1.165) is 5.56 Å². The molecular weight excluding hydrogens is 294 g/mol. The van der Waals surface area contributed by atoms with Crippen LogP contribution in [0.5, 0.6) is 0 Å². The van der Waals surface area contributed by atoms with Gasteiger partial charge in [0.25, 0.3) is 5.91 Å². The maximum absolute atomic E-state index is 12.8. The third-order valence-electron chi connectivity index (χ3n) is 4.22. The van der Waals surface area contributed by atoms with Crippen molar-refractivity contribution in [3.05, 3.63) is 29.3 Å². The summed E-state index contributed by atoms with van der Waals surface area (Å²) in [5.74, 6) is -0.316. The number of amides is 2. The summed E-state index contributed by atoms with van der Waals surface area (Å²) in [4.78, 5) is 28.3. The van der Waals surface area contributed by atoms with Gasteiger partial charge in [0.1, 0.15) is 12.1 Å². The molecule has 1 fully saturated rings. The van der Waals surface area contributed by atoms with Crippen LogP contribution >= 0.6 is 0 Å². The zero-order valence-electron chi connectivity index (χ0n) is 13.7. The molecule has 2 rings (SSSR count). The molecule has 6 heteroatoms. The fraction of sp³-hybridized carbons (Fsp3) is 0.471. The van der Waals surface area contributed by atoms with E-state index in [4.69, 9.17) is 10.4 Å². The van der Waals surface area contributed by atoms with Crippen molar-refractivity contribution >= 4 is 17.5 Å². The molecule has 0 unspecified atom stereocenters. The number of aliphatic hydroxyl groups is 1. The van der Waals surface area contributed by atoms with Crippen LogP contribution in [0.4, 0.5) is 5.69 Å². The van der Waals surface area contributed by atoms with Crippen molar-refractivity contribution in [1.29, 1.82) is 5.26 Å². The molecule has 0 aromatic heterocycles. The van der Waals surface area contributed by atoms with Crippen molar-refractivity contribution in [3.8, 4) is 6.07 Å². The molecule has 0 aliphatic carbocycles. The van der Waals surface area contributed by atoms with E-state index >= 15 is 0 Å². The zero-order chi connectivity index (χ0) is 17.2. The van der Waals surface area contributed by atoms with Crippen molar-refractivity contribution in [3.63, 3.8) is 0 Å². The minimum atomic E-state index is -0.966. The average Bonchev–Trinajstić information content (AvgIpc) is 2.51. The molecule has 1 aliphatic rings. The molecule has 0 radical (unpaired) electrons. The molecule has 2 amide bonds. The highest BCUT2D eigenvalue weighted by Gasteiger charge is 2.45. The highest BCUT2D eigenvalue weighted by atomic mass is 16.3. The van der Waals surface area contributed by atoms with Crippen LogP contribution in [-0.2, 0) is 9.59 Å². The molecule has 122 valence electrons. The number of piperazine rings is 1. The molecule has 1 heterocycles. The second-order valence-corrected chi connectivity index (χ2v) is 6.18. The largest absolute Gasteiger partial charge is 0.396 e. The Labute approximate surface area is 135 Å². The van der Waals surface area contributed by atoms with Crippen LogP contribution in [0, 0.1) is 18.3 Å². The molecule has 0 saturated carbocycles. The van der Waals surface area contributed by atoms with Gasteiger partial charge in [0, 0.05) is 18.8 Å². The average molecular weight is 315 g/mol. The van der Waals surface area contributed by atoms with Gasteiger partial charge in [0.05, 0.1) is 11.6 Å². The van der Waals surface area contributed by atoms with Gasteiger partial charge in [-0.05, 0) is 51.0 Å². The van der Waals surface area contributed by atoms with Crippen molar-refractivity contribution in [1.82, 2.24) is 4.90 Å². The molecule has 0 atom stereocenters. The van der Waals surface area contributed by atoms with Crippen LogP contribution in [0.15, 0.2) is 18.2 Å². The van der Waals surface area contributed by atoms with E-state index in [-0.39, 0.29) is 25.0 Å². The fourth-order valence-electron chi connectivity index (χ4n) is 2.83. The molecule has 0 spiro atoms. The topological polar surface area (TPSA) is 84.6 Å². The Morgan fingerprint density at radius 2 is 2.04 bits per heavy atom. The third kappa shape index (κ3) is 3.06. The number of nitriles is 1. The zero-order valence-corrected chi connectivity index (χ0v) is 13.7. The summed E-state index contributed by atoms with van der Waals surface area (Å²) in [5.41, 5.74) is 0.973. The fourth-order valence-corrected chi connectivity index (χ4v) is 2.83. The minimum Gasteiger partial charge on any atom is -0.396 e. The van der Waals surface area contributed by atoms with E-state index in [2.05, 4.69) is 6.07 Å². The number of hydrogen-bond acceptors (Lipinski definition) is 4. The monoisotopic (exact) mass is 315 g/mol. The van der Waals surface area contributed by atoms with Gasteiger partial charge in [-0.15, -0.1) is 0 Å². The highest BCUT2D eigenvalue weighted by Crippen LogP contribution is 2.29. The van der Waals surface area contributed by atoms with Crippen molar-refractivity contribution in [2.45, 2.75) is 32.7 Å². The van der Waals surface area contributed by atoms with Crippen molar-refractivity contribution < 1.29 is 14.7 Å². The molecule has 1 N–H and O–H groups in total. The Balaban J connectivity index is 2.33. The lowest BCUT2D eigenvalue weighted by atomic mass is 9.95. The van der Waals surface area contributed by atoms with Crippen LogP contribution in [0.3, 0.4) is 0 Å². The number of carbonyl (C=O) groups is 2. The molecule has 1 aromatic rings. The lowest BCUT2D eigenvalue weighted by Gasteiger charge is -2.45. The lowest BCUT2D eigenvalue weighted by molar-refractivity contribution is -0.148. The Morgan fingerprint density at radius 1 is 1.35 bits per heavy atom. The van der Waals surface area contributed by atoms with Gasteiger partial charge < -0.3 is 14.9 Å². The second-order valence-electron chi connectivity index (χ2n) is 6.18. The minimum absolute atomic E-state index is 0.0212. The number of aryl methyl sites for hydroxylation is 1. The first-order valence-electron chi connectivity index (χ1n) is 7.57. The van der Waals surface area contributed by atoms with E-state index in [1.165, 1.54) is 9.80 Å². The van der Waals surface area contributed by atoms with E-state index < -0.39 is 5.54 Å². The molecule has 6 nitrogen and oxygen atoms in total. The Kier molecular flexibility index (Phi) is 4.71. The number of anilines is 1. The normalized spacial score (nSPS) is 17.3. The summed E-state index contributed by atoms with van der Waals surface area (Å²) in [6, 6.07) is 7.19. The van der Waals surface area contributed by atoms with Crippen LogP contribution in [0.1, 0.15) is 31.4 Å². The number of hydrogen-bond donors (Lipinski definition) is 1. The predicted molar refractivity (Wildman–Crippen MR) is 85.7 cm³/mol. The number of aliphatic hydroxyl groups excluding tert-OH is 1. The van der Waals surface area contributed by atoms with E-state index in [0.29, 0.717) is 24.2 Å². The Morgan fingerprint density at radius 3 is 2.61 bits per heavy atom. The summed E-state index contributed by atoms with van der Waals surface area (Å²) in [6.45, 7) is 5.54. The summed E-state index contributed by atoms with van der Waals surface area (Å²) in [7, 11) is 0. The van der Waals surface area contributed by atoms with E-state index in [1.54, 1.807) is 39.0 Å². The molecule has 23 heavy (non-hydrogen) atoms. The maximum Gasteiger partial charge on any atom is 0.252 e. The summed E-state index contributed by atoms with van der Waals surface area (Å²) in [6.07, 6.45) is 0.443. The number of rotatable bonds is 4. The van der Waals surface area contributed by atoms with Crippen LogP contribution in [0.2, 0.25) is 0 Å². The first-order valence-corrected chi connectivity index (χ1v) is 7.57. The standard InChI is InChI=1S/C17H21N3O3/c1-12-9-14(6-5-13(12)10-18)19-11-15(22)20(7-4-8-21)17(2,3)16(19)23/h5-6,9,21H,4,7-8,11H2,1-3H3. The number of benzene rings is 1. The maximum atomic E-state index is 12.8. The van der Waals surface area contributed by atoms with Gasteiger partial charge >= 0.3 is 0 Å². The molecule has 1 aromatic carbocycles. The molecule has 1 saturated heterocycles. The van der Waals surface area contributed by atoms with Gasteiger partial charge in [-0.1, -0.05) is 0 Å². The summed E-state index contributed by atoms with van der Waals surface area (Å²) < 4.78 is 0. The van der Waals surface area contributed by atoms with Gasteiger partial charge in [0.2, 0.25) is 5.91 Å². The SMILES string of the molecule is Cc1cc(N2CC(=O)N(CCCO)C(C)(C)C2=O)ccc1C#N. The first kappa shape index (κ1) is 17.0. The predicted octanol–water partition coefficient (Wildman–Crippen LogP) is 1.20. The van der Waals surface area contributed by atoms with Crippen molar-refractivity contribution in [2.75, 3.05) is 24.6 Å². The van der Waals surface area contributed by atoms with Gasteiger partial charge in [-0.3, -0.25) is 9.59 Å². The summed E-state index contributed by atoms with van der Waals surface area (Å²) in [5, 5.41) is 18.0. The lowest BCUT2D eigenvalue weighted by Crippen LogP contribution is -2.66. The van der Waals surface area contributed by atoms with Crippen molar-refractivity contribution in [2.24, 2.45) is 0 Å². The highest BCUT2D eigenvalue weighted by molar-refractivity contribution is 6.08.